The van der Waals surface area contributed by atoms with Gasteiger partial charge >= 0.3 is 0 Å². The Morgan fingerprint density at radius 1 is 0.447 bits per heavy atom. The van der Waals surface area contributed by atoms with E-state index in [2.05, 4.69) is 0 Å². The van der Waals surface area contributed by atoms with Gasteiger partial charge in [0.2, 0.25) is 11.8 Å². The molecule has 0 saturated heterocycles. The van der Waals surface area contributed by atoms with Crippen LogP contribution >= 0.6 is 0 Å². The molecule has 2 atom stereocenters. The molecular formula is C32H24N2O4. The minimum atomic E-state index is -2.20. The zero-order chi connectivity index (χ0) is 26.7. The second kappa shape index (κ2) is 8.35. The third-order valence-electron chi connectivity index (χ3n) is 7.93. The zero-order valence-electron chi connectivity index (χ0n) is 20.9. The number of anilines is 2. The van der Waals surface area contributed by atoms with Crippen LogP contribution in [-0.2, 0) is 20.4 Å². The monoisotopic (exact) mass is 500 g/mol. The van der Waals surface area contributed by atoms with Crippen LogP contribution in [0, 0.1) is 0 Å². The van der Waals surface area contributed by atoms with Crippen molar-refractivity contribution in [3.8, 4) is 0 Å². The van der Waals surface area contributed by atoms with Gasteiger partial charge in [-0.15, -0.1) is 0 Å². The van der Waals surface area contributed by atoms with Crippen LogP contribution in [0.15, 0.2) is 109 Å². The number of hydrogen-bond acceptors (Lipinski definition) is 4. The second-order valence-electron chi connectivity index (χ2n) is 9.65. The number of Topliss-reactive ketones (excluding diaryl/α,β-unsaturated/α-hetero) is 2. The number of likely N-dealkylation sites (N-methyl/N-ethyl adjacent to an activating group) is 2. The fourth-order valence-electron chi connectivity index (χ4n) is 6.22. The molecule has 6 heteroatoms. The lowest BCUT2D eigenvalue weighted by molar-refractivity contribution is -0.132. The summed E-state index contributed by atoms with van der Waals surface area (Å²) in [5.74, 6) is -2.43. The third-order valence-corrected chi connectivity index (χ3v) is 7.93. The predicted molar refractivity (Wildman–Crippen MR) is 145 cm³/mol. The molecule has 6 nitrogen and oxygen atoms in total. The number of carbonyl (C=O) groups is 4. The van der Waals surface area contributed by atoms with E-state index in [-0.39, 0.29) is 22.3 Å². The Balaban J connectivity index is 1.84. The molecule has 2 amide bonds. The molecule has 38 heavy (non-hydrogen) atoms. The van der Waals surface area contributed by atoms with Crippen LogP contribution in [0.25, 0.3) is 0 Å². The van der Waals surface area contributed by atoms with Crippen molar-refractivity contribution < 1.29 is 19.2 Å². The number of fused-ring (bicyclic) bond motifs is 2. The number of benzene rings is 4. The van der Waals surface area contributed by atoms with E-state index in [4.69, 9.17) is 0 Å². The predicted octanol–water partition coefficient (Wildman–Crippen LogP) is 4.58. The van der Waals surface area contributed by atoms with Crippen molar-refractivity contribution in [3.63, 3.8) is 0 Å². The van der Waals surface area contributed by atoms with Crippen molar-refractivity contribution in [3.05, 3.63) is 131 Å². The lowest BCUT2D eigenvalue weighted by Gasteiger charge is -2.53. The SMILES string of the molecule is CN1C(=O)C(c2ccccc2)(C2(c3ccccc3)C(=O)c3ccccc3N(C)C2=O)C(=O)c2ccccc21. The molecule has 0 fully saturated rings. The molecule has 4 aromatic carbocycles. The number of ketones is 2. The lowest BCUT2D eigenvalue weighted by atomic mass is 9.48. The molecule has 0 aliphatic carbocycles. The van der Waals surface area contributed by atoms with Crippen molar-refractivity contribution in [1.82, 2.24) is 0 Å². The van der Waals surface area contributed by atoms with Crippen LogP contribution in [0.2, 0.25) is 0 Å². The van der Waals surface area contributed by atoms with Crippen molar-refractivity contribution in [2.45, 2.75) is 10.8 Å². The van der Waals surface area contributed by atoms with Gasteiger partial charge in [-0.1, -0.05) is 84.9 Å². The molecule has 0 saturated carbocycles. The summed E-state index contributed by atoms with van der Waals surface area (Å²) < 4.78 is 0. The Morgan fingerprint density at radius 3 is 1.13 bits per heavy atom. The maximum atomic E-state index is 14.9. The number of amides is 2. The number of rotatable bonds is 3. The van der Waals surface area contributed by atoms with E-state index in [1.807, 2.05) is 0 Å². The first kappa shape index (κ1) is 23.6. The van der Waals surface area contributed by atoms with E-state index in [1.54, 1.807) is 123 Å². The highest BCUT2D eigenvalue weighted by Crippen LogP contribution is 2.56. The van der Waals surface area contributed by atoms with Crippen LogP contribution < -0.4 is 9.80 Å². The largest absolute Gasteiger partial charge is 0.314 e. The van der Waals surface area contributed by atoms with Gasteiger partial charge in [0.05, 0.1) is 11.4 Å². The minimum absolute atomic E-state index is 0.274. The maximum absolute atomic E-state index is 14.9. The molecule has 0 N–H and O–H groups in total. The molecule has 2 heterocycles. The molecule has 0 bridgehead atoms. The Morgan fingerprint density at radius 2 is 0.763 bits per heavy atom. The van der Waals surface area contributed by atoms with Crippen molar-refractivity contribution in [2.24, 2.45) is 0 Å². The molecule has 186 valence electrons. The highest BCUT2D eigenvalue weighted by molar-refractivity contribution is 6.40. The van der Waals surface area contributed by atoms with Gasteiger partial charge in [0.15, 0.2) is 22.4 Å². The summed E-state index contributed by atoms with van der Waals surface area (Å²) in [7, 11) is 3.17. The van der Waals surface area contributed by atoms with E-state index in [9.17, 15) is 19.2 Å². The van der Waals surface area contributed by atoms with Crippen LogP contribution in [0.1, 0.15) is 31.8 Å². The van der Waals surface area contributed by atoms with E-state index in [0.29, 0.717) is 11.4 Å². The van der Waals surface area contributed by atoms with Gasteiger partial charge in [-0.25, -0.2) is 0 Å². The summed E-state index contributed by atoms with van der Waals surface area (Å²) in [6, 6.07) is 30.6. The standard InChI is InChI=1S/C32H24N2O4/c1-33-25-19-11-9-17-23(25)27(35)31(29(33)37,21-13-5-3-6-14-21)32(22-15-7-4-8-16-22)28(36)24-18-10-12-20-26(24)34(2)30(32)38/h3-20H,1-2H3. The Labute approximate surface area is 220 Å². The maximum Gasteiger partial charge on any atom is 0.247 e. The average molecular weight is 501 g/mol. The van der Waals surface area contributed by atoms with Crippen LogP contribution in [0.3, 0.4) is 0 Å². The normalized spacial score (nSPS) is 22.8. The molecular weight excluding hydrogens is 476 g/mol. The highest BCUT2D eigenvalue weighted by Gasteiger charge is 2.74. The molecule has 0 aromatic heterocycles. The zero-order valence-corrected chi connectivity index (χ0v) is 20.9. The molecule has 0 spiro atoms. The van der Waals surface area contributed by atoms with Gasteiger partial charge in [-0.3, -0.25) is 19.2 Å². The molecule has 2 unspecified atom stereocenters. The molecule has 2 aliphatic rings. The first-order chi connectivity index (χ1) is 18.4. The summed E-state index contributed by atoms with van der Waals surface area (Å²) >= 11 is 0. The highest BCUT2D eigenvalue weighted by atomic mass is 16.2. The first-order valence-electron chi connectivity index (χ1n) is 12.3. The quantitative estimate of drug-likeness (QED) is 0.386. The fourth-order valence-corrected chi connectivity index (χ4v) is 6.22. The summed E-state index contributed by atoms with van der Waals surface area (Å²) in [6.07, 6.45) is 0. The molecule has 2 aliphatic heterocycles. The van der Waals surface area contributed by atoms with E-state index < -0.39 is 34.2 Å². The Hall–Kier alpha value is -4.84. The van der Waals surface area contributed by atoms with Crippen molar-refractivity contribution in [2.75, 3.05) is 23.9 Å². The van der Waals surface area contributed by atoms with Crippen LogP contribution in [0.5, 0.6) is 0 Å². The topological polar surface area (TPSA) is 74.8 Å². The molecule has 6 rings (SSSR count). The number of carbonyl (C=O) groups excluding carboxylic acids is 4. The van der Waals surface area contributed by atoms with Crippen LogP contribution in [0.4, 0.5) is 11.4 Å². The summed E-state index contributed by atoms with van der Waals surface area (Å²) in [4.78, 5) is 62.2. The molecule has 4 aromatic rings. The van der Waals surface area contributed by atoms with E-state index in [1.165, 1.54) is 9.80 Å². The fraction of sp³-hybridized carbons (Fsp3) is 0.125. The van der Waals surface area contributed by atoms with E-state index >= 15 is 0 Å². The van der Waals surface area contributed by atoms with E-state index in [0.717, 1.165) is 0 Å². The number of hydrogen-bond donors (Lipinski definition) is 0. The number of nitrogens with zero attached hydrogens (tertiary/aromatic N) is 2. The Bertz CT molecular complexity index is 1510. The van der Waals surface area contributed by atoms with Gasteiger partial charge in [0.1, 0.15) is 0 Å². The van der Waals surface area contributed by atoms with Gasteiger partial charge < -0.3 is 9.80 Å². The van der Waals surface area contributed by atoms with Crippen molar-refractivity contribution in [1.29, 1.82) is 0 Å². The summed E-state index contributed by atoms with van der Waals surface area (Å²) in [6.45, 7) is 0. The third kappa shape index (κ3) is 2.72. The lowest BCUT2D eigenvalue weighted by Crippen LogP contribution is -2.73. The first-order valence-corrected chi connectivity index (χ1v) is 12.3. The summed E-state index contributed by atoms with van der Waals surface area (Å²) in [5, 5.41) is 0. The Kier molecular flexibility index (Phi) is 5.17. The molecule has 0 radical (unpaired) electrons. The average Bonchev–Trinajstić information content (AvgIpc) is 2.97. The van der Waals surface area contributed by atoms with Gasteiger partial charge in [-0.05, 0) is 35.4 Å². The minimum Gasteiger partial charge on any atom is -0.314 e. The number of para-hydroxylation sites is 2. The smallest absolute Gasteiger partial charge is 0.247 e. The van der Waals surface area contributed by atoms with Gasteiger partial charge in [0, 0.05) is 25.2 Å². The second-order valence-corrected chi connectivity index (χ2v) is 9.65. The van der Waals surface area contributed by atoms with Gasteiger partial charge in [0.25, 0.3) is 0 Å². The summed E-state index contributed by atoms with van der Waals surface area (Å²) in [5.41, 5.74) is -2.41. The van der Waals surface area contributed by atoms with Gasteiger partial charge in [-0.2, -0.15) is 0 Å². The van der Waals surface area contributed by atoms with Crippen molar-refractivity contribution >= 4 is 34.8 Å². The van der Waals surface area contributed by atoms with Crippen LogP contribution in [-0.4, -0.2) is 37.5 Å².